The zero-order valence-corrected chi connectivity index (χ0v) is 20.7. The van der Waals surface area contributed by atoms with Crippen molar-refractivity contribution in [2.45, 2.75) is 33.2 Å². The van der Waals surface area contributed by atoms with Crippen LogP contribution in [0.5, 0.6) is 0 Å². The van der Waals surface area contributed by atoms with E-state index in [1.54, 1.807) is 6.20 Å². The van der Waals surface area contributed by atoms with Gasteiger partial charge in [-0.3, -0.25) is 10.2 Å². The number of nitrogens with one attached hydrogen (secondary N) is 1. The summed E-state index contributed by atoms with van der Waals surface area (Å²) in [5.74, 6) is 0. The van der Waals surface area contributed by atoms with Gasteiger partial charge in [0.15, 0.2) is 5.65 Å². The molecule has 0 aliphatic carbocycles. The molecule has 3 heterocycles. The Labute approximate surface area is 205 Å². The monoisotopic (exact) mass is 480 g/mol. The predicted octanol–water partition coefficient (Wildman–Crippen LogP) is 4.22. The maximum absolute atomic E-state index is 13.7. The van der Waals surface area contributed by atoms with E-state index in [4.69, 9.17) is 14.9 Å². The number of morpholine rings is 1. The van der Waals surface area contributed by atoms with E-state index in [2.05, 4.69) is 51.3 Å². The summed E-state index contributed by atoms with van der Waals surface area (Å²) in [6, 6.07) is 8.39. The van der Waals surface area contributed by atoms with Gasteiger partial charge in [0.2, 0.25) is 6.41 Å². The first-order valence-corrected chi connectivity index (χ1v) is 11.4. The summed E-state index contributed by atoms with van der Waals surface area (Å²) >= 11 is 0. The van der Waals surface area contributed by atoms with Gasteiger partial charge in [-0.05, 0) is 62.6 Å². The smallest absolute Gasteiger partial charge is 0.282 e. The lowest BCUT2D eigenvalue weighted by Crippen LogP contribution is -2.39. The molecule has 1 aliphatic rings. The molecule has 4 rings (SSSR count). The van der Waals surface area contributed by atoms with E-state index in [0.29, 0.717) is 13.2 Å². The number of fused-ring (bicyclic) bond motifs is 1. The van der Waals surface area contributed by atoms with Crippen LogP contribution in [0, 0.1) is 12.3 Å². The molecule has 1 saturated heterocycles. The third kappa shape index (κ3) is 6.24. The Bertz CT molecular complexity index is 1210. The van der Waals surface area contributed by atoms with Crippen molar-refractivity contribution in [3.05, 3.63) is 60.2 Å². The minimum atomic E-state index is -0.971. The number of primary amides is 1. The van der Waals surface area contributed by atoms with Crippen molar-refractivity contribution in [2.75, 3.05) is 31.2 Å². The zero-order chi connectivity index (χ0) is 25.6. The predicted molar refractivity (Wildman–Crippen MR) is 138 cm³/mol. The minimum absolute atomic E-state index is 0.250. The van der Waals surface area contributed by atoms with Gasteiger partial charge in [0.1, 0.15) is 0 Å². The van der Waals surface area contributed by atoms with E-state index in [-0.39, 0.29) is 6.41 Å². The number of imidazole rings is 1. The summed E-state index contributed by atoms with van der Waals surface area (Å²) in [5, 5.41) is 7.45. The van der Waals surface area contributed by atoms with Gasteiger partial charge < -0.3 is 24.7 Å². The lowest BCUT2D eigenvalue weighted by atomic mass is 9.98. The molecule has 0 atom stereocenters. The molecule has 0 bridgehead atoms. The van der Waals surface area contributed by atoms with Gasteiger partial charge in [0.25, 0.3) is 6.09 Å². The van der Waals surface area contributed by atoms with E-state index in [1.807, 2.05) is 45.3 Å². The number of halogens is 1. The SMILES string of the molecule is Cc1ccc(/C=C/N(C(=N)F)C(C)(C)C)cc1-c1cc(N2CCOCC2)c2nccn2c1.NC=O. The average molecular weight is 481 g/mol. The Balaban J connectivity index is 0.00000108. The number of rotatable bonds is 4. The van der Waals surface area contributed by atoms with E-state index in [9.17, 15) is 4.39 Å². The van der Waals surface area contributed by atoms with Gasteiger partial charge in [-0.15, -0.1) is 0 Å². The summed E-state index contributed by atoms with van der Waals surface area (Å²) in [6.45, 7) is 10.8. The number of aryl methyl sites for hydroxylation is 1. The van der Waals surface area contributed by atoms with E-state index >= 15 is 0 Å². The second kappa shape index (κ2) is 11.1. The van der Waals surface area contributed by atoms with Crippen LogP contribution in [-0.2, 0) is 9.53 Å². The maximum Gasteiger partial charge on any atom is 0.282 e. The Kier molecular flexibility index (Phi) is 8.24. The molecule has 2 aromatic heterocycles. The zero-order valence-electron chi connectivity index (χ0n) is 20.7. The number of amides is 1. The largest absolute Gasteiger partial charge is 0.378 e. The molecule has 8 nitrogen and oxygen atoms in total. The van der Waals surface area contributed by atoms with Gasteiger partial charge in [0.05, 0.1) is 18.9 Å². The molecule has 0 radical (unpaired) electrons. The van der Waals surface area contributed by atoms with Gasteiger partial charge in [-0.1, -0.05) is 12.1 Å². The highest BCUT2D eigenvalue weighted by Gasteiger charge is 2.22. The van der Waals surface area contributed by atoms with Crippen molar-refractivity contribution in [1.29, 1.82) is 5.41 Å². The van der Waals surface area contributed by atoms with Gasteiger partial charge in [-0.2, -0.15) is 4.39 Å². The lowest BCUT2D eigenvalue weighted by molar-refractivity contribution is -0.106. The number of hydrogen-bond acceptors (Lipinski definition) is 5. The quantitative estimate of drug-likeness (QED) is 0.252. The molecule has 1 aromatic carbocycles. The van der Waals surface area contributed by atoms with Gasteiger partial charge >= 0.3 is 0 Å². The third-order valence-corrected chi connectivity index (χ3v) is 5.74. The molecule has 1 amide bonds. The number of carbonyl (C=O) groups excluding carboxylic acids is 1. The molecule has 1 aliphatic heterocycles. The topological polar surface area (TPSA) is 99.9 Å². The highest BCUT2D eigenvalue weighted by molar-refractivity contribution is 5.80. The van der Waals surface area contributed by atoms with Crippen LogP contribution in [0.4, 0.5) is 10.1 Å². The number of aromatic nitrogens is 2. The van der Waals surface area contributed by atoms with Crippen molar-refractivity contribution in [3.63, 3.8) is 0 Å². The fraction of sp³-hybridized carbons (Fsp3) is 0.346. The Hall–Kier alpha value is -3.72. The number of nitrogens with zero attached hydrogens (tertiary/aromatic N) is 4. The second-order valence-electron chi connectivity index (χ2n) is 9.23. The molecule has 35 heavy (non-hydrogen) atoms. The number of amidine groups is 1. The summed E-state index contributed by atoms with van der Waals surface area (Å²) in [7, 11) is 0. The van der Waals surface area contributed by atoms with Crippen LogP contribution in [-0.4, -0.2) is 58.6 Å². The Morgan fingerprint density at radius 2 is 1.94 bits per heavy atom. The third-order valence-electron chi connectivity index (χ3n) is 5.74. The van der Waals surface area contributed by atoms with Crippen molar-refractivity contribution in [3.8, 4) is 11.1 Å². The first-order valence-electron chi connectivity index (χ1n) is 11.4. The summed E-state index contributed by atoms with van der Waals surface area (Å²) in [6.07, 6.45) is 8.65. The molecule has 186 valence electrons. The van der Waals surface area contributed by atoms with Crippen LogP contribution in [0.15, 0.2) is 49.1 Å². The fourth-order valence-corrected chi connectivity index (χ4v) is 4.00. The van der Waals surface area contributed by atoms with Crippen LogP contribution in [0.1, 0.15) is 31.9 Å². The van der Waals surface area contributed by atoms with E-state index in [1.165, 1.54) is 4.90 Å². The molecular formula is C26H33FN6O2. The number of ether oxygens (including phenoxy) is 1. The molecular weight excluding hydrogens is 447 g/mol. The van der Waals surface area contributed by atoms with Crippen LogP contribution in [0.2, 0.25) is 0 Å². The maximum atomic E-state index is 13.7. The number of benzene rings is 1. The first-order chi connectivity index (χ1) is 16.7. The van der Waals surface area contributed by atoms with Crippen LogP contribution >= 0.6 is 0 Å². The van der Waals surface area contributed by atoms with Crippen LogP contribution in [0.3, 0.4) is 0 Å². The van der Waals surface area contributed by atoms with Crippen molar-refractivity contribution in [1.82, 2.24) is 14.3 Å². The highest BCUT2D eigenvalue weighted by Crippen LogP contribution is 2.31. The molecule has 9 heteroatoms. The molecule has 1 fully saturated rings. The minimum Gasteiger partial charge on any atom is -0.378 e. The number of nitrogens with two attached hydrogens (primary N) is 1. The summed E-state index contributed by atoms with van der Waals surface area (Å²) in [4.78, 5) is 16.8. The number of carbonyl (C=O) groups is 1. The first kappa shape index (κ1) is 25.9. The average Bonchev–Trinajstić information content (AvgIpc) is 3.28. The van der Waals surface area contributed by atoms with Crippen molar-refractivity contribution < 1.29 is 13.9 Å². The number of anilines is 1. The molecule has 0 saturated carbocycles. The summed E-state index contributed by atoms with van der Waals surface area (Å²) < 4.78 is 21.3. The van der Waals surface area contributed by atoms with E-state index < -0.39 is 11.6 Å². The van der Waals surface area contributed by atoms with Crippen LogP contribution in [0.25, 0.3) is 22.9 Å². The van der Waals surface area contributed by atoms with Crippen molar-refractivity contribution in [2.24, 2.45) is 5.73 Å². The number of pyridine rings is 1. The lowest BCUT2D eigenvalue weighted by Gasteiger charge is -2.31. The fourth-order valence-electron chi connectivity index (χ4n) is 4.00. The normalized spacial score (nSPS) is 14.0. The Morgan fingerprint density at radius 3 is 2.57 bits per heavy atom. The molecule has 0 spiro atoms. The second-order valence-corrected chi connectivity index (χ2v) is 9.23. The Morgan fingerprint density at radius 1 is 1.26 bits per heavy atom. The standard InChI is InChI=1S/C25H30FN5O.CH3NO/c1-18-5-6-19(7-9-31(24(26)27)25(2,3)4)15-21(18)20-16-22(29-11-13-32-14-12-29)23-28-8-10-30(23)17-20;2-1-3/h5-10,15-17,27H,11-14H2,1-4H3;1H,(H2,2,3)/b9-7+,27-24?;. The molecule has 3 aromatic rings. The van der Waals surface area contributed by atoms with Crippen LogP contribution < -0.4 is 10.6 Å². The summed E-state index contributed by atoms with van der Waals surface area (Å²) in [5.41, 5.74) is 9.98. The highest BCUT2D eigenvalue weighted by atomic mass is 19.1. The number of hydrogen-bond donors (Lipinski definition) is 2. The van der Waals surface area contributed by atoms with Gasteiger partial charge in [0, 0.05) is 49.0 Å². The molecule has 0 unspecified atom stereocenters. The van der Waals surface area contributed by atoms with Gasteiger partial charge in [-0.25, -0.2) is 4.98 Å². The van der Waals surface area contributed by atoms with Crippen molar-refractivity contribution >= 4 is 29.9 Å². The molecule has 3 N–H and O–H groups in total. The van der Waals surface area contributed by atoms with E-state index in [0.717, 1.165) is 46.7 Å².